The van der Waals surface area contributed by atoms with E-state index >= 15 is 0 Å². The van der Waals surface area contributed by atoms with Crippen LogP contribution in [0.3, 0.4) is 0 Å². The number of carbonyl (C=O) groups is 1. The summed E-state index contributed by atoms with van der Waals surface area (Å²) in [6.07, 6.45) is 3.85. The minimum atomic E-state index is -0.281. The largest absolute Gasteiger partial charge is 0.381 e. The van der Waals surface area contributed by atoms with E-state index in [-0.39, 0.29) is 11.7 Å². The van der Waals surface area contributed by atoms with Crippen molar-refractivity contribution in [3.05, 3.63) is 35.3 Å². The minimum absolute atomic E-state index is 0.110. The Hall–Kier alpha value is -1.88. The van der Waals surface area contributed by atoms with E-state index in [0.29, 0.717) is 24.6 Å². The summed E-state index contributed by atoms with van der Waals surface area (Å²) >= 11 is 0. The number of hydrogen-bond donors (Lipinski definition) is 2. The zero-order valence-corrected chi connectivity index (χ0v) is 13.5. The number of halogens is 1. The molecular formula is C18H23FN2O2. The number of H-pyrrole nitrogens is 1. The lowest BCUT2D eigenvalue weighted by Gasteiger charge is -2.08. The molecule has 0 spiro atoms. The van der Waals surface area contributed by atoms with Crippen LogP contribution < -0.4 is 5.32 Å². The van der Waals surface area contributed by atoms with Gasteiger partial charge in [-0.3, -0.25) is 4.79 Å². The van der Waals surface area contributed by atoms with Crippen LogP contribution in [0.1, 0.15) is 42.2 Å². The van der Waals surface area contributed by atoms with Gasteiger partial charge in [-0.15, -0.1) is 0 Å². The second-order valence-corrected chi connectivity index (χ2v) is 6.15. The van der Waals surface area contributed by atoms with Gasteiger partial charge in [-0.05, 0) is 55.4 Å². The Balaban J connectivity index is 1.63. The fourth-order valence-corrected chi connectivity index (χ4v) is 3.27. The van der Waals surface area contributed by atoms with Crippen molar-refractivity contribution in [2.45, 2.75) is 32.6 Å². The van der Waals surface area contributed by atoms with Gasteiger partial charge in [0, 0.05) is 30.7 Å². The highest BCUT2D eigenvalue weighted by Gasteiger charge is 2.18. The molecule has 0 saturated carbocycles. The Bertz CT molecular complexity index is 690. The average Bonchev–Trinajstić information content (AvgIpc) is 3.18. The quantitative estimate of drug-likeness (QED) is 0.802. The first-order chi connectivity index (χ1) is 11.2. The van der Waals surface area contributed by atoms with Gasteiger partial charge in [-0.2, -0.15) is 0 Å². The van der Waals surface area contributed by atoms with Crippen molar-refractivity contribution in [3.63, 3.8) is 0 Å². The molecule has 2 N–H and O–H groups in total. The summed E-state index contributed by atoms with van der Waals surface area (Å²) in [5.74, 6) is 0.243. The molecule has 0 aliphatic carbocycles. The second-order valence-electron chi connectivity index (χ2n) is 6.15. The monoisotopic (exact) mass is 318 g/mol. The number of aryl methyl sites for hydroxylation is 1. The maximum Gasteiger partial charge on any atom is 0.268 e. The molecule has 1 fully saturated rings. The van der Waals surface area contributed by atoms with E-state index in [9.17, 15) is 9.18 Å². The first-order valence-electron chi connectivity index (χ1n) is 8.35. The Morgan fingerprint density at radius 2 is 2.35 bits per heavy atom. The highest BCUT2D eigenvalue weighted by molar-refractivity contribution is 6.01. The normalized spacial score (nSPS) is 17.7. The Kier molecular flexibility index (Phi) is 4.96. The lowest BCUT2D eigenvalue weighted by Crippen LogP contribution is -2.26. The smallest absolute Gasteiger partial charge is 0.268 e. The van der Waals surface area contributed by atoms with Crippen molar-refractivity contribution in [2.75, 3.05) is 19.8 Å². The number of hydrogen-bond acceptors (Lipinski definition) is 2. The summed E-state index contributed by atoms with van der Waals surface area (Å²) in [4.78, 5) is 15.5. The minimum Gasteiger partial charge on any atom is -0.381 e. The third-order valence-corrected chi connectivity index (χ3v) is 4.55. The fraction of sp³-hybridized carbons (Fsp3) is 0.500. The summed E-state index contributed by atoms with van der Waals surface area (Å²) in [6.45, 7) is 4.34. The molecule has 1 aliphatic rings. The number of aromatic nitrogens is 1. The maximum atomic E-state index is 13.4. The lowest BCUT2D eigenvalue weighted by molar-refractivity contribution is 0.0947. The molecule has 124 valence electrons. The van der Waals surface area contributed by atoms with E-state index in [4.69, 9.17) is 4.74 Å². The maximum absolute atomic E-state index is 13.4. The molecule has 0 bridgehead atoms. The highest BCUT2D eigenvalue weighted by Crippen LogP contribution is 2.24. The van der Waals surface area contributed by atoms with E-state index in [0.717, 1.165) is 48.9 Å². The molecule has 23 heavy (non-hydrogen) atoms. The predicted octanol–water partition coefficient (Wildman–Crippen LogP) is 3.42. The van der Waals surface area contributed by atoms with Crippen LogP contribution in [-0.4, -0.2) is 30.6 Å². The summed E-state index contributed by atoms with van der Waals surface area (Å²) in [5, 5.41) is 3.76. The zero-order valence-electron chi connectivity index (χ0n) is 13.5. The second kappa shape index (κ2) is 7.13. The van der Waals surface area contributed by atoms with Crippen LogP contribution in [0.15, 0.2) is 18.2 Å². The number of fused-ring (bicyclic) bond motifs is 1. The molecule has 1 aromatic heterocycles. The highest BCUT2D eigenvalue weighted by atomic mass is 19.1. The molecule has 2 aromatic rings. The third-order valence-electron chi connectivity index (χ3n) is 4.55. The van der Waals surface area contributed by atoms with E-state index in [1.54, 1.807) is 6.07 Å². The van der Waals surface area contributed by atoms with E-state index in [2.05, 4.69) is 10.3 Å². The van der Waals surface area contributed by atoms with Gasteiger partial charge in [-0.25, -0.2) is 4.39 Å². The molecule has 1 atom stereocenters. The van der Waals surface area contributed by atoms with Crippen molar-refractivity contribution < 1.29 is 13.9 Å². The van der Waals surface area contributed by atoms with Gasteiger partial charge < -0.3 is 15.0 Å². The summed E-state index contributed by atoms with van der Waals surface area (Å²) in [7, 11) is 0. The van der Waals surface area contributed by atoms with Crippen molar-refractivity contribution in [1.82, 2.24) is 10.3 Å². The number of rotatable bonds is 6. The van der Waals surface area contributed by atoms with Crippen molar-refractivity contribution in [1.29, 1.82) is 0 Å². The molecular weight excluding hydrogens is 295 g/mol. The number of ether oxygens (including phenoxy) is 1. The van der Waals surface area contributed by atoms with Crippen LogP contribution in [-0.2, 0) is 11.2 Å². The van der Waals surface area contributed by atoms with Crippen LogP contribution in [0.5, 0.6) is 0 Å². The average molecular weight is 318 g/mol. The van der Waals surface area contributed by atoms with Crippen LogP contribution in [0.4, 0.5) is 4.39 Å². The van der Waals surface area contributed by atoms with Crippen molar-refractivity contribution >= 4 is 16.8 Å². The van der Waals surface area contributed by atoms with Crippen LogP contribution in [0.2, 0.25) is 0 Å². The molecule has 4 nitrogen and oxygen atoms in total. The summed E-state index contributed by atoms with van der Waals surface area (Å²) in [6, 6.07) is 4.58. The number of benzene rings is 1. The van der Waals surface area contributed by atoms with Gasteiger partial charge in [0.25, 0.3) is 5.91 Å². The molecule has 3 rings (SSSR count). The van der Waals surface area contributed by atoms with Crippen molar-refractivity contribution in [3.8, 4) is 0 Å². The van der Waals surface area contributed by atoms with Gasteiger partial charge in [0.1, 0.15) is 11.5 Å². The number of nitrogens with one attached hydrogen (secondary N) is 2. The Morgan fingerprint density at radius 3 is 3.09 bits per heavy atom. The molecule has 2 heterocycles. The van der Waals surface area contributed by atoms with Crippen LogP contribution >= 0.6 is 0 Å². The van der Waals surface area contributed by atoms with Gasteiger partial charge in [0.15, 0.2) is 0 Å². The first-order valence-corrected chi connectivity index (χ1v) is 8.35. The number of carbonyl (C=O) groups excluding carboxylic acids is 1. The van der Waals surface area contributed by atoms with Crippen molar-refractivity contribution in [2.24, 2.45) is 5.92 Å². The molecule has 1 amide bonds. The van der Waals surface area contributed by atoms with E-state index in [1.165, 1.54) is 12.1 Å². The van der Waals surface area contributed by atoms with Gasteiger partial charge in [-0.1, -0.05) is 6.92 Å². The molecule has 1 saturated heterocycles. The molecule has 5 heteroatoms. The Labute approximate surface area is 135 Å². The SMILES string of the molecule is CCc1c(C(=O)NCCCC2CCOC2)[nH]c2ccc(F)cc12. The number of amides is 1. The summed E-state index contributed by atoms with van der Waals surface area (Å²) < 4.78 is 18.8. The zero-order chi connectivity index (χ0) is 16.2. The fourth-order valence-electron chi connectivity index (χ4n) is 3.27. The predicted molar refractivity (Wildman–Crippen MR) is 88.1 cm³/mol. The van der Waals surface area contributed by atoms with E-state index in [1.807, 2.05) is 6.92 Å². The van der Waals surface area contributed by atoms with Gasteiger partial charge >= 0.3 is 0 Å². The molecule has 1 aromatic carbocycles. The topological polar surface area (TPSA) is 54.1 Å². The first kappa shape index (κ1) is 16.0. The van der Waals surface area contributed by atoms with Crippen LogP contribution in [0.25, 0.3) is 10.9 Å². The standard InChI is InChI=1S/C18H23FN2O2/c1-2-14-15-10-13(19)5-6-16(15)21-17(14)18(22)20-8-3-4-12-7-9-23-11-12/h5-6,10,12,21H,2-4,7-9,11H2,1H3,(H,20,22). The Morgan fingerprint density at radius 1 is 1.48 bits per heavy atom. The third kappa shape index (κ3) is 3.55. The van der Waals surface area contributed by atoms with Gasteiger partial charge in [0.2, 0.25) is 0 Å². The number of aromatic amines is 1. The summed E-state index contributed by atoms with van der Waals surface area (Å²) in [5.41, 5.74) is 2.23. The van der Waals surface area contributed by atoms with Crippen LogP contribution in [0, 0.1) is 11.7 Å². The molecule has 1 aliphatic heterocycles. The lowest BCUT2D eigenvalue weighted by atomic mass is 10.0. The van der Waals surface area contributed by atoms with Gasteiger partial charge in [0.05, 0.1) is 0 Å². The van der Waals surface area contributed by atoms with E-state index < -0.39 is 0 Å². The molecule has 0 radical (unpaired) electrons. The molecule has 1 unspecified atom stereocenters.